The molecule has 0 amide bonds. The first-order chi connectivity index (χ1) is 9.54. The van der Waals surface area contributed by atoms with Gasteiger partial charge in [-0.1, -0.05) is 23.7 Å². The van der Waals surface area contributed by atoms with Crippen molar-refractivity contribution in [3.05, 3.63) is 47.1 Å². The van der Waals surface area contributed by atoms with Crippen LogP contribution < -0.4 is 9.64 Å². The van der Waals surface area contributed by atoms with Crippen molar-refractivity contribution in [1.82, 2.24) is 4.98 Å². The molecule has 20 heavy (non-hydrogen) atoms. The summed E-state index contributed by atoms with van der Waals surface area (Å²) in [6.07, 6.45) is 0. The van der Waals surface area contributed by atoms with E-state index in [0.717, 1.165) is 5.69 Å². The number of carboxylic acids is 1. The number of halogens is 1. The molecule has 0 unspecified atom stereocenters. The number of anilines is 2. The van der Waals surface area contributed by atoms with Crippen molar-refractivity contribution in [2.45, 2.75) is 0 Å². The van der Waals surface area contributed by atoms with Crippen LogP contribution in [0.5, 0.6) is 5.75 Å². The second-order valence-corrected chi connectivity index (χ2v) is 4.44. The van der Waals surface area contributed by atoms with E-state index >= 15 is 0 Å². The van der Waals surface area contributed by atoms with E-state index in [4.69, 9.17) is 21.4 Å². The summed E-state index contributed by atoms with van der Waals surface area (Å²) in [5.74, 6) is -0.0230. The Morgan fingerprint density at radius 3 is 2.65 bits per heavy atom. The molecule has 2 aromatic rings. The number of methoxy groups -OCH3 is 1. The van der Waals surface area contributed by atoms with Gasteiger partial charge in [-0.15, -0.1) is 0 Å². The van der Waals surface area contributed by atoms with Crippen molar-refractivity contribution >= 4 is 29.1 Å². The highest BCUT2D eigenvalue weighted by Crippen LogP contribution is 2.32. The number of nitrogens with zero attached hydrogens (tertiary/aromatic N) is 2. The molecule has 0 spiro atoms. The summed E-state index contributed by atoms with van der Waals surface area (Å²) < 4.78 is 5.28. The predicted molar refractivity (Wildman–Crippen MR) is 77.3 cm³/mol. The Bertz CT molecular complexity index is 646. The van der Waals surface area contributed by atoms with Crippen LogP contribution in [-0.4, -0.2) is 30.2 Å². The van der Waals surface area contributed by atoms with E-state index in [1.165, 1.54) is 6.07 Å². The molecule has 1 aromatic carbocycles. The number of hydrogen-bond acceptors (Lipinski definition) is 4. The number of para-hydroxylation sites is 2. The number of pyridine rings is 1. The molecular formula is C14H13ClN2O3. The quantitative estimate of drug-likeness (QED) is 0.937. The molecule has 0 bridgehead atoms. The lowest BCUT2D eigenvalue weighted by molar-refractivity contribution is 0.0691. The summed E-state index contributed by atoms with van der Waals surface area (Å²) in [6, 6.07) is 10.6. The van der Waals surface area contributed by atoms with Crippen LogP contribution in [0.3, 0.4) is 0 Å². The molecule has 104 valence electrons. The molecule has 0 saturated heterocycles. The Labute approximate surface area is 121 Å². The van der Waals surface area contributed by atoms with Gasteiger partial charge in [0.1, 0.15) is 11.6 Å². The Hall–Kier alpha value is -2.27. The molecule has 1 aromatic heterocycles. The maximum Gasteiger partial charge on any atom is 0.356 e. The van der Waals surface area contributed by atoms with Gasteiger partial charge in [0.05, 0.1) is 17.8 Å². The van der Waals surface area contributed by atoms with Gasteiger partial charge in [0.15, 0.2) is 5.69 Å². The summed E-state index contributed by atoms with van der Waals surface area (Å²) in [7, 11) is 3.35. The van der Waals surface area contributed by atoms with Gasteiger partial charge < -0.3 is 14.7 Å². The van der Waals surface area contributed by atoms with E-state index in [0.29, 0.717) is 11.6 Å². The number of carbonyl (C=O) groups is 1. The molecule has 0 atom stereocenters. The molecule has 6 heteroatoms. The molecule has 2 rings (SSSR count). The summed E-state index contributed by atoms with van der Waals surface area (Å²) in [4.78, 5) is 16.9. The number of carboxylic acid groups (broad SMARTS) is 1. The standard InChI is InChI=1S/C14H13ClN2O3/c1-17(10-5-3-4-6-11(10)20-2)12-8-7-9(15)13(16-12)14(18)19/h3-8H,1-2H3,(H,18,19). The number of hydrogen-bond donors (Lipinski definition) is 1. The minimum Gasteiger partial charge on any atom is -0.495 e. The highest BCUT2D eigenvalue weighted by atomic mass is 35.5. The van der Waals surface area contributed by atoms with Crippen LogP contribution >= 0.6 is 11.6 Å². The third-order valence-electron chi connectivity index (χ3n) is 2.82. The summed E-state index contributed by atoms with van der Waals surface area (Å²) in [6.45, 7) is 0. The lowest BCUT2D eigenvalue weighted by Gasteiger charge is -2.21. The van der Waals surface area contributed by atoms with Gasteiger partial charge >= 0.3 is 5.97 Å². The monoisotopic (exact) mass is 292 g/mol. The van der Waals surface area contributed by atoms with Gasteiger partial charge in [0, 0.05) is 7.05 Å². The Balaban J connectivity index is 2.45. The number of benzene rings is 1. The Morgan fingerprint density at radius 1 is 1.30 bits per heavy atom. The zero-order valence-corrected chi connectivity index (χ0v) is 11.8. The highest BCUT2D eigenvalue weighted by Gasteiger charge is 2.15. The maximum absolute atomic E-state index is 11.1. The second kappa shape index (κ2) is 5.79. The van der Waals surface area contributed by atoms with Crippen LogP contribution in [0.4, 0.5) is 11.5 Å². The average Bonchev–Trinajstić information content (AvgIpc) is 2.46. The van der Waals surface area contributed by atoms with Gasteiger partial charge in [-0.3, -0.25) is 0 Å². The van der Waals surface area contributed by atoms with E-state index < -0.39 is 5.97 Å². The van der Waals surface area contributed by atoms with Crippen LogP contribution in [0.25, 0.3) is 0 Å². The zero-order chi connectivity index (χ0) is 14.7. The van der Waals surface area contributed by atoms with E-state index in [-0.39, 0.29) is 10.7 Å². The lowest BCUT2D eigenvalue weighted by Crippen LogP contribution is -2.14. The SMILES string of the molecule is COc1ccccc1N(C)c1ccc(Cl)c(C(=O)O)n1. The minimum absolute atomic E-state index is 0.106. The molecule has 0 aliphatic heterocycles. The van der Waals surface area contributed by atoms with Gasteiger partial charge in [-0.05, 0) is 24.3 Å². The summed E-state index contributed by atoms with van der Waals surface area (Å²) in [5, 5.41) is 9.16. The molecule has 0 radical (unpaired) electrons. The number of rotatable bonds is 4. The van der Waals surface area contributed by atoms with Crippen LogP contribution in [0.15, 0.2) is 36.4 Å². The first kappa shape index (κ1) is 14.1. The van der Waals surface area contributed by atoms with E-state index in [9.17, 15) is 4.79 Å². The van der Waals surface area contributed by atoms with Gasteiger partial charge in [-0.25, -0.2) is 9.78 Å². The second-order valence-electron chi connectivity index (χ2n) is 4.04. The number of ether oxygens (including phenoxy) is 1. The zero-order valence-electron chi connectivity index (χ0n) is 11.0. The van der Waals surface area contributed by atoms with Gasteiger partial charge in [0.2, 0.25) is 0 Å². The topological polar surface area (TPSA) is 62.7 Å². The van der Waals surface area contributed by atoms with Crippen molar-refractivity contribution in [3.8, 4) is 5.75 Å². The summed E-state index contributed by atoms with van der Waals surface area (Å²) >= 11 is 5.81. The molecule has 5 nitrogen and oxygen atoms in total. The molecule has 0 aliphatic rings. The molecule has 1 heterocycles. The van der Waals surface area contributed by atoms with Crippen LogP contribution in [0.1, 0.15) is 10.5 Å². The van der Waals surface area contributed by atoms with Crippen molar-refractivity contribution in [3.63, 3.8) is 0 Å². The fourth-order valence-corrected chi connectivity index (χ4v) is 1.99. The first-order valence-electron chi connectivity index (χ1n) is 5.81. The van der Waals surface area contributed by atoms with Crippen LogP contribution in [-0.2, 0) is 0 Å². The molecule has 1 N–H and O–H groups in total. The van der Waals surface area contributed by atoms with E-state index in [1.807, 2.05) is 24.3 Å². The van der Waals surface area contributed by atoms with Crippen molar-refractivity contribution in [1.29, 1.82) is 0 Å². The lowest BCUT2D eigenvalue weighted by atomic mass is 10.2. The predicted octanol–water partition coefficient (Wildman–Crippen LogP) is 3.21. The van der Waals surface area contributed by atoms with Crippen LogP contribution in [0.2, 0.25) is 5.02 Å². The minimum atomic E-state index is -1.16. The summed E-state index contributed by atoms with van der Waals surface area (Å²) in [5.41, 5.74) is 0.604. The van der Waals surface area contributed by atoms with Crippen molar-refractivity contribution < 1.29 is 14.6 Å². The fraction of sp³-hybridized carbons (Fsp3) is 0.143. The fourth-order valence-electron chi connectivity index (χ4n) is 1.80. The third-order valence-corrected chi connectivity index (χ3v) is 3.13. The maximum atomic E-state index is 11.1. The largest absolute Gasteiger partial charge is 0.495 e. The van der Waals surface area contributed by atoms with Gasteiger partial charge in [-0.2, -0.15) is 0 Å². The average molecular weight is 293 g/mol. The van der Waals surface area contributed by atoms with Crippen molar-refractivity contribution in [2.75, 3.05) is 19.1 Å². The normalized spacial score (nSPS) is 10.2. The first-order valence-corrected chi connectivity index (χ1v) is 6.19. The third kappa shape index (κ3) is 2.67. The molecule has 0 fully saturated rings. The van der Waals surface area contributed by atoms with Crippen molar-refractivity contribution in [2.24, 2.45) is 0 Å². The smallest absolute Gasteiger partial charge is 0.356 e. The molecule has 0 aliphatic carbocycles. The molecular weight excluding hydrogens is 280 g/mol. The van der Waals surface area contributed by atoms with E-state index in [1.54, 1.807) is 25.1 Å². The number of aromatic carboxylic acids is 1. The number of aromatic nitrogens is 1. The van der Waals surface area contributed by atoms with Crippen LogP contribution in [0, 0.1) is 0 Å². The Morgan fingerprint density at radius 2 is 2.00 bits per heavy atom. The van der Waals surface area contributed by atoms with E-state index in [2.05, 4.69) is 4.98 Å². The Kier molecular flexibility index (Phi) is 4.10. The highest BCUT2D eigenvalue weighted by molar-refractivity contribution is 6.33. The molecule has 0 saturated carbocycles. The van der Waals surface area contributed by atoms with Gasteiger partial charge in [0.25, 0.3) is 0 Å².